The minimum absolute atomic E-state index is 0.223. The number of nitrogens with two attached hydrogens (primary N) is 1. The maximum Gasteiger partial charge on any atom is 0.156 e. The van der Waals surface area contributed by atoms with Crippen LogP contribution in [0.1, 0.15) is 0 Å². The van der Waals surface area contributed by atoms with E-state index in [0.29, 0.717) is 0 Å². The quantitative estimate of drug-likeness (QED) is 0.386. The van der Waals surface area contributed by atoms with Gasteiger partial charge < -0.3 is 0 Å². The van der Waals surface area contributed by atoms with E-state index in [4.69, 9.17) is 5.84 Å². The van der Waals surface area contributed by atoms with Crippen molar-refractivity contribution in [1.29, 1.82) is 0 Å². The molecule has 0 saturated heterocycles. The van der Waals surface area contributed by atoms with E-state index in [0.717, 1.165) is 5.69 Å². The molecule has 0 spiro atoms. The van der Waals surface area contributed by atoms with E-state index < -0.39 is 0 Å². The van der Waals surface area contributed by atoms with Crippen molar-refractivity contribution in [3.05, 3.63) is 43.1 Å². The molecule has 0 radical (unpaired) electrons. The summed E-state index contributed by atoms with van der Waals surface area (Å²) in [6, 6.07) is 9.83. The van der Waals surface area contributed by atoms with Crippen LogP contribution in [-0.4, -0.2) is 7.05 Å². The minimum Gasteiger partial charge on any atom is -0.194 e. The Labute approximate surface area is 67.1 Å². The van der Waals surface area contributed by atoms with Gasteiger partial charge in [-0.25, -0.2) is 0 Å². The topological polar surface area (TPSA) is 26.0 Å². The number of para-hydroxylation sites is 1. The highest BCUT2D eigenvalue weighted by atomic mass is 15.6. The van der Waals surface area contributed by atoms with Crippen molar-refractivity contribution in [3.8, 4) is 0 Å². The van der Waals surface area contributed by atoms with Crippen LogP contribution in [0.5, 0.6) is 0 Å². The Bertz CT molecular complexity index is 239. The Hall–Kier alpha value is -1.12. The Morgan fingerprint density at radius 3 is 2.36 bits per heavy atom. The standard InChI is InChI=1S/C9H13N2/c1-3-11(2,10)9-7-5-4-6-8-9/h3-8H,1,10H2,2H3/q+1. The van der Waals surface area contributed by atoms with Crippen molar-refractivity contribution in [2.75, 3.05) is 7.05 Å². The Morgan fingerprint density at radius 2 is 1.91 bits per heavy atom. The van der Waals surface area contributed by atoms with Crippen LogP contribution in [0, 0.1) is 0 Å². The average molecular weight is 149 g/mol. The summed E-state index contributed by atoms with van der Waals surface area (Å²) in [7, 11) is 1.88. The normalized spacial score (nSPS) is 15.5. The highest BCUT2D eigenvalue weighted by Gasteiger charge is 2.14. The molecule has 1 unspecified atom stereocenters. The maximum atomic E-state index is 5.86. The molecular weight excluding hydrogens is 136 g/mol. The summed E-state index contributed by atoms with van der Waals surface area (Å²) in [5.41, 5.74) is 1.03. The summed E-state index contributed by atoms with van der Waals surface area (Å²) in [6.45, 7) is 3.66. The first kappa shape index (κ1) is 7.98. The van der Waals surface area contributed by atoms with E-state index in [1.807, 2.05) is 37.4 Å². The molecule has 0 aliphatic carbocycles. The number of benzene rings is 1. The van der Waals surface area contributed by atoms with Gasteiger partial charge >= 0.3 is 0 Å². The molecule has 11 heavy (non-hydrogen) atoms. The van der Waals surface area contributed by atoms with Gasteiger partial charge in [0, 0.05) is 12.1 Å². The van der Waals surface area contributed by atoms with Crippen molar-refractivity contribution in [1.82, 2.24) is 4.59 Å². The van der Waals surface area contributed by atoms with Crippen LogP contribution in [0.3, 0.4) is 0 Å². The zero-order chi connectivity index (χ0) is 8.32. The van der Waals surface area contributed by atoms with Crippen molar-refractivity contribution in [3.63, 3.8) is 0 Å². The van der Waals surface area contributed by atoms with Gasteiger partial charge in [-0.05, 0) is 6.58 Å². The summed E-state index contributed by atoms with van der Waals surface area (Å²) < 4.78 is 0.223. The molecule has 2 nitrogen and oxygen atoms in total. The number of rotatable bonds is 2. The molecule has 2 heteroatoms. The van der Waals surface area contributed by atoms with E-state index in [-0.39, 0.29) is 4.59 Å². The van der Waals surface area contributed by atoms with E-state index >= 15 is 0 Å². The van der Waals surface area contributed by atoms with Gasteiger partial charge in [-0.15, -0.1) is 0 Å². The smallest absolute Gasteiger partial charge is 0.156 e. The predicted molar refractivity (Wildman–Crippen MR) is 48.5 cm³/mol. The van der Waals surface area contributed by atoms with Crippen LogP contribution in [-0.2, 0) is 0 Å². The van der Waals surface area contributed by atoms with Crippen LogP contribution < -0.4 is 10.4 Å². The first-order valence-electron chi connectivity index (χ1n) is 3.51. The molecule has 0 aliphatic heterocycles. The van der Waals surface area contributed by atoms with Gasteiger partial charge in [-0.2, -0.15) is 10.4 Å². The molecule has 0 fully saturated rings. The van der Waals surface area contributed by atoms with Crippen molar-refractivity contribution >= 4 is 5.69 Å². The number of hydrogen-bond acceptors (Lipinski definition) is 1. The van der Waals surface area contributed by atoms with Crippen molar-refractivity contribution < 1.29 is 0 Å². The SMILES string of the molecule is C=C[N+](C)(N)c1ccccc1. The zero-order valence-corrected chi connectivity index (χ0v) is 6.70. The fourth-order valence-electron chi connectivity index (χ4n) is 0.855. The lowest BCUT2D eigenvalue weighted by atomic mass is 10.3. The zero-order valence-electron chi connectivity index (χ0n) is 6.70. The molecular formula is C9H13N2+. The van der Waals surface area contributed by atoms with Crippen LogP contribution >= 0.6 is 0 Å². The lowest BCUT2D eigenvalue weighted by Crippen LogP contribution is -2.46. The molecule has 1 aromatic rings. The molecule has 0 amide bonds. The van der Waals surface area contributed by atoms with E-state index in [1.54, 1.807) is 6.20 Å². The van der Waals surface area contributed by atoms with Crippen LogP contribution in [0.15, 0.2) is 43.1 Å². The van der Waals surface area contributed by atoms with E-state index in [9.17, 15) is 0 Å². The largest absolute Gasteiger partial charge is 0.194 e. The van der Waals surface area contributed by atoms with E-state index in [2.05, 4.69) is 6.58 Å². The molecule has 1 atom stereocenters. The second kappa shape index (κ2) is 2.86. The Balaban J connectivity index is 3.02. The number of quaternary nitrogens is 1. The first-order chi connectivity index (χ1) is 5.17. The fraction of sp³-hybridized carbons (Fsp3) is 0.111. The molecule has 0 aromatic heterocycles. The molecule has 1 aromatic carbocycles. The van der Waals surface area contributed by atoms with Crippen molar-refractivity contribution in [2.24, 2.45) is 5.84 Å². The first-order valence-corrected chi connectivity index (χ1v) is 3.51. The second-order valence-electron chi connectivity index (χ2n) is 2.67. The molecule has 0 saturated carbocycles. The molecule has 0 heterocycles. The van der Waals surface area contributed by atoms with Crippen LogP contribution in [0.25, 0.3) is 0 Å². The van der Waals surface area contributed by atoms with Crippen molar-refractivity contribution in [2.45, 2.75) is 0 Å². The summed E-state index contributed by atoms with van der Waals surface area (Å²) in [5.74, 6) is 5.86. The average Bonchev–Trinajstić information content (AvgIpc) is 2.06. The van der Waals surface area contributed by atoms with Gasteiger partial charge in [0.1, 0.15) is 6.20 Å². The highest BCUT2D eigenvalue weighted by molar-refractivity contribution is 5.42. The Kier molecular flexibility index (Phi) is 2.08. The van der Waals surface area contributed by atoms with Crippen LogP contribution in [0.2, 0.25) is 0 Å². The lowest BCUT2D eigenvalue weighted by molar-refractivity contribution is 0.469. The summed E-state index contributed by atoms with van der Waals surface area (Å²) >= 11 is 0. The lowest BCUT2D eigenvalue weighted by Gasteiger charge is -2.21. The summed E-state index contributed by atoms with van der Waals surface area (Å²) in [4.78, 5) is 0. The van der Waals surface area contributed by atoms with Gasteiger partial charge in [-0.1, -0.05) is 18.2 Å². The molecule has 0 aliphatic rings. The van der Waals surface area contributed by atoms with Gasteiger partial charge in [0.25, 0.3) is 0 Å². The molecule has 2 N–H and O–H groups in total. The predicted octanol–water partition coefficient (Wildman–Crippen LogP) is 1.64. The second-order valence-corrected chi connectivity index (χ2v) is 2.67. The minimum atomic E-state index is 0.223. The van der Waals surface area contributed by atoms with Gasteiger partial charge in [0.15, 0.2) is 5.69 Å². The number of nitrogens with zero attached hydrogens (tertiary/aromatic N) is 1. The van der Waals surface area contributed by atoms with Crippen LogP contribution in [0.4, 0.5) is 5.69 Å². The third kappa shape index (κ3) is 1.67. The summed E-state index contributed by atoms with van der Waals surface area (Å²) in [5, 5.41) is 0. The third-order valence-corrected chi connectivity index (χ3v) is 1.69. The highest BCUT2D eigenvalue weighted by Crippen LogP contribution is 2.14. The molecule has 58 valence electrons. The fourth-order valence-corrected chi connectivity index (χ4v) is 0.855. The van der Waals surface area contributed by atoms with Gasteiger partial charge in [0.05, 0.1) is 7.05 Å². The van der Waals surface area contributed by atoms with E-state index in [1.165, 1.54) is 0 Å². The maximum absolute atomic E-state index is 5.86. The molecule has 1 rings (SSSR count). The third-order valence-electron chi connectivity index (χ3n) is 1.69. The Morgan fingerprint density at radius 1 is 1.36 bits per heavy atom. The number of hydrogen-bond donors (Lipinski definition) is 1. The molecule has 0 bridgehead atoms. The monoisotopic (exact) mass is 149 g/mol. The van der Waals surface area contributed by atoms with Gasteiger partial charge in [0.2, 0.25) is 0 Å². The summed E-state index contributed by atoms with van der Waals surface area (Å²) in [6.07, 6.45) is 1.69. The van der Waals surface area contributed by atoms with Gasteiger partial charge in [-0.3, -0.25) is 0 Å².